The van der Waals surface area contributed by atoms with E-state index in [-0.39, 0.29) is 17.3 Å². The van der Waals surface area contributed by atoms with Crippen LogP contribution in [0, 0.1) is 11.7 Å². The van der Waals surface area contributed by atoms with E-state index >= 15 is 0 Å². The van der Waals surface area contributed by atoms with Gasteiger partial charge in [0, 0.05) is 17.6 Å². The second kappa shape index (κ2) is 8.59. The third kappa shape index (κ3) is 4.64. The highest BCUT2D eigenvalue weighted by Gasteiger charge is 2.30. The standard InChI is InChI=1S/C14H20BrFN2O2S.ClH/c1-2-17-10-11-5-7-18(8-6-11)21(19,20)14-9-12(16)3-4-13(14)15;/h3-4,9,11,17H,2,5-8,10H2,1H3;1H. The fourth-order valence-corrected chi connectivity index (χ4v) is 4.92. The summed E-state index contributed by atoms with van der Waals surface area (Å²) in [7, 11) is -3.63. The maximum atomic E-state index is 13.3. The van der Waals surface area contributed by atoms with Crippen molar-refractivity contribution in [3.63, 3.8) is 0 Å². The van der Waals surface area contributed by atoms with Gasteiger partial charge in [0.15, 0.2) is 0 Å². The second-order valence-corrected chi connectivity index (χ2v) is 7.99. The predicted molar refractivity (Wildman–Crippen MR) is 91.4 cm³/mol. The first-order valence-corrected chi connectivity index (χ1v) is 9.34. The van der Waals surface area contributed by atoms with Gasteiger partial charge >= 0.3 is 0 Å². The smallest absolute Gasteiger partial charge is 0.244 e. The van der Waals surface area contributed by atoms with Crippen molar-refractivity contribution in [2.75, 3.05) is 26.2 Å². The predicted octanol–water partition coefficient (Wildman–Crippen LogP) is 3.02. The second-order valence-electron chi connectivity index (χ2n) is 5.23. The molecule has 1 N–H and O–H groups in total. The molecule has 1 aliphatic rings. The lowest BCUT2D eigenvalue weighted by Crippen LogP contribution is -2.40. The Morgan fingerprint density at radius 2 is 2.00 bits per heavy atom. The third-order valence-corrected chi connectivity index (χ3v) is 6.66. The number of piperidine rings is 1. The first-order valence-electron chi connectivity index (χ1n) is 7.11. The number of benzene rings is 1. The maximum absolute atomic E-state index is 13.3. The quantitative estimate of drug-likeness (QED) is 0.804. The van der Waals surface area contributed by atoms with E-state index in [2.05, 4.69) is 28.2 Å². The molecular weight excluding hydrogens is 395 g/mol. The molecule has 8 heteroatoms. The van der Waals surface area contributed by atoms with Gasteiger partial charge in [0.25, 0.3) is 0 Å². The minimum Gasteiger partial charge on any atom is -0.317 e. The van der Waals surface area contributed by atoms with Gasteiger partial charge in [-0.15, -0.1) is 12.4 Å². The van der Waals surface area contributed by atoms with Crippen LogP contribution in [-0.4, -0.2) is 38.9 Å². The lowest BCUT2D eigenvalue weighted by Gasteiger charge is -2.31. The van der Waals surface area contributed by atoms with E-state index in [1.165, 1.54) is 16.4 Å². The van der Waals surface area contributed by atoms with Crippen LogP contribution < -0.4 is 5.32 Å². The van der Waals surface area contributed by atoms with Crippen molar-refractivity contribution in [1.82, 2.24) is 9.62 Å². The molecule has 1 aromatic rings. The molecule has 126 valence electrons. The van der Waals surface area contributed by atoms with Crippen molar-refractivity contribution in [2.24, 2.45) is 5.92 Å². The molecule has 1 heterocycles. The molecule has 0 bridgehead atoms. The number of hydrogen-bond donors (Lipinski definition) is 1. The fraction of sp³-hybridized carbons (Fsp3) is 0.571. The van der Waals surface area contributed by atoms with E-state index in [0.717, 1.165) is 32.0 Å². The molecule has 0 unspecified atom stereocenters. The van der Waals surface area contributed by atoms with Gasteiger partial charge in [-0.05, 0) is 66.0 Å². The van der Waals surface area contributed by atoms with E-state index in [1.54, 1.807) is 0 Å². The molecule has 0 saturated carbocycles. The van der Waals surface area contributed by atoms with Crippen LogP contribution in [0.3, 0.4) is 0 Å². The summed E-state index contributed by atoms with van der Waals surface area (Å²) in [6, 6.07) is 3.75. The summed E-state index contributed by atoms with van der Waals surface area (Å²) in [5.41, 5.74) is 0. The Bertz CT molecular complexity index is 593. The van der Waals surface area contributed by atoms with Crippen LogP contribution in [0.25, 0.3) is 0 Å². The van der Waals surface area contributed by atoms with Crippen LogP contribution in [0.4, 0.5) is 4.39 Å². The molecule has 0 aliphatic carbocycles. The van der Waals surface area contributed by atoms with Gasteiger partial charge in [0.05, 0.1) is 4.90 Å². The average molecular weight is 416 g/mol. The molecule has 0 radical (unpaired) electrons. The van der Waals surface area contributed by atoms with Crippen LogP contribution in [0.1, 0.15) is 19.8 Å². The summed E-state index contributed by atoms with van der Waals surface area (Å²) in [4.78, 5) is 0.00707. The Hall–Kier alpha value is -0.210. The van der Waals surface area contributed by atoms with Crippen molar-refractivity contribution in [2.45, 2.75) is 24.7 Å². The average Bonchev–Trinajstić information content (AvgIpc) is 2.48. The van der Waals surface area contributed by atoms with Crippen molar-refractivity contribution in [3.8, 4) is 0 Å². The largest absolute Gasteiger partial charge is 0.317 e. The minimum atomic E-state index is -3.63. The normalized spacial score (nSPS) is 17.2. The summed E-state index contributed by atoms with van der Waals surface area (Å²) < 4.78 is 40.4. The van der Waals surface area contributed by atoms with Crippen LogP contribution in [-0.2, 0) is 10.0 Å². The highest BCUT2D eigenvalue weighted by atomic mass is 79.9. The topological polar surface area (TPSA) is 49.4 Å². The van der Waals surface area contributed by atoms with E-state index in [0.29, 0.717) is 23.5 Å². The Labute approximate surface area is 146 Å². The van der Waals surface area contributed by atoms with Crippen molar-refractivity contribution < 1.29 is 12.8 Å². The first kappa shape index (κ1) is 19.8. The van der Waals surface area contributed by atoms with E-state index in [9.17, 15) is 12.8 Å². The van der Waals surface area contributed by atoms with Gasteiger partial charge < -0.3 is 5.32 Å². The fourth-order valence-electron chi connectivity index (χ4n) is 2.52. The Morgan fingerprint density at radius 3 is 2.59 bits per heavy atom. The van der Waals surface area contributed by atoms with Gasteiger partial charge in [0.2, 0.25) is 10.0 Å². The summed E-state index contributed by atoms with van der Waals surface area (Å²) in [5.74, 6) is -0.0360. The molecule has 0 aromatic heterocycles. The molecule has 0 atom stereocenters. The summed E-state index contributed by atoms with van der Waals surface area (Å²) in [5, 5.41) is 3.29. The summed E-state index contributed by atoms with van der Waals surface area (Å²) in [6.07, 6.45) is 1.67. The molecule has 2 rings (SSSR count). The maximum Gasteiger partial charge on any atom is 0.244 e. The Morgan fingerprint density at radius 1 is 1.36 bits per heavy atom. The minimum absolute atomic E-state index is 0. The van der Waals surface area contributed by atoms with E-state index < -0.39 is 15.8 Å². The zero-order valence-corrected chi connectivity index (χ0v) is 15.6. The van der Waals surface area contributed by atoms with Gasteiger partial charge in [-0.1, -0.05) is 6.92 Å². The SMILES string of the molecule is CCNCC1CCN(S(=O)(=O)c2cc(F)ccc2Br)CC1.Cl. The summed E-state index contributed by atoms with van der Waals surface area (Å²) in [6.45, 7) is 4.88. The highest BCUT2D eigenvalue weighted by molar-refractivity contribution is 9.10. The van der Waals surface area contributed by atoms with Crippen molar-refractivity contribution in [1.29, 1.82) is 0 Å². The molecule has 0 amide bonds. The number of nitrogens with zero attached hydrogens (tertiary/aromatic N) is 1. The van der Waals surface area contributed by atoms with Crippen molar-refractivity contribution >= 4 is 38.4 Å². The number of nitrogens with one attached hydrogen (secondary N) is 1. The van der Waals surface area contributed by atoms with Crippen LogP contribution in [0.5, 0.6) is 0 Å². The lowest BCUT2D eigenvalue weighted by atomic mass is 9.98. The lowest BCUT2D eigenvalue weighted by molar-refractivity contribution is 0.268. The number of halogens is 3. The molecule has 4 nitrogen and oxygen atoms in total. The van der Waals surface area contributed by atoms with E-state index in [1.807, 2.05) is 0 Å². The molecule has 1 fully saturated rings. The van der Waals surface area contributed by atoms with E-state index in [4.69, 9.17) is 0 Å². The zero-order valence-electron chi connectivity index (χ0n) is 12.4. The molecule has 0 spiro atoms. The zero-order chi connectivity index (χ0) is 15.5. The number of sulfonamides is 1. The van der Waals surface area contributed by atoms with Crippen LogP contribution in [0.15, 0.2) is 27.6 Å². The number of rotatable bonds is 5. The van der Waals surface area contributed by atoms with Gasteiger partial charge in [0.1, 0.15) is 5.82 Å². The molecule has 1 aliphatic heterocycles. The Balaban J connectivity index is 0.00000242. The molecular formula is C14H21BrClFN2O2S. The van der Waals surface area contributed by atoms with Crippen LogP contribution in [0.2, 0.25) is 0 Å². The van der Waals surface area contributed by atoms with Crippen LogP contribution >= 0.6 is 28.3 Å². The monoisotopic (exact) mass is 414 g/mol. The third-order valence-electron chi connectivity index (χ3n) is 3.77. The molecule has 22 heavy (non-hydrogen) atoms. The molecule has 1 aromatic carbocycles. The van der Waals surface area contributed by atoms with Gasteiger partial charge in [-0.25, -0.2) is 12.8 Å². The summed E-state index contributed by atoms with van der Waals surface area (Å²) >= 11 is 3.20. The number of hydrogen-bond acceptors (Lipinski definition) is 3. The van der Waals surface area contributed by atoms with Crippen molar-refractivity contribution in [3.05, 3.63) is 28.5 Å². The Kier molecular flexibility index (Phi) is 7.74. The highest BCUT2D eigenvalue weighted by Crippen LogP contribution is 2.28. The molecule has 1 saturated heterocycles. The first-order chi connectivity index (χ1) is 9.95. The van der Waals surface area contributed by atoms with Gasteiger partial charge in [-0.3, -0.25) is 0 Å². The van der Waals surface area contributed by atoms with Gasteiger partial charge in [-0.2, -0.15) is 4.31 Å².